The summed E-state index contributed by atoms with van der Waals surface area (Å²) in [6.45, 7) is 1.94. The van der Waals surface area contributed by atoms with Gasteiger partial charge in [0, 0.05) is 17.1 Å². The maximum Gasteiger partial charge on any atom is 0.242 e. The molecule has 0 aliphatic heterocycles. The molecule has 2 N–H and O–H groups in total. The van der Waals surface area contributed by atoms with Crippen LogP contribution in [0.4, 0.5) is 0 Å². The van der Waals surface area contributed by atoms with E-state index in [1.54, 1.807) is 23.7 Å². The summed E-state index contributed by atoms with van der Waals surface area (Å²) < 4.78 is 1.42. The predicted molar refractivity (Wildman–Crippen MR) is 103 cm³/mol. The highest BCUT2D eigenvalue weighted by Crippen LogP contribution is 2.45. The first-order chi connectivity index (χ1) is 12.6. The quantitative estimate of drug-likeness (QED) is 0.505. The topological polar surface area (TPSA) is 75.3 Å². The molecule has 0 atom stereocenters. The standard InChI is InChI=1S/C19H14N2O3S2/c1-11-4-6-12(7-5-11)16(22)14-15(13-3-2-9-25-13)21(18(24)17(14)23)19-20-8-10-26-19/h2-10,23-24H,1H3. The van der Waals surface area contributed by atoms with E-state index >= 15 is 0 Å². The van der Waals surface area contributed by atoms with Crippen molar-refractivity contribution in [3.63, 3.8) is 0 Å². The van der Waals surface area contributed by atoms with Gasteiger partial charge in [0.05, 0.1) is 16.1 Å². The third-order valence-electron chi connectivity index (χ3n) is 4.03. The number of thiazole rings is 1. The summed E-state index contributed by atoms with van der Waals surface area (Å²) in [6.07, 6.45) is 1.61. The first-order valence-corrected chi connectivity index (χ1v) is 9.55. The third-order valence-corrected chi connectivity index (χ3v) is 5.66. The van der Waals surface area contributed by atoms with Crippen molar-refractivity contribution < 1.29 is 15.0 Å². The van der Waals surface area contributed by atoms with Crippen LogP contribution in [0.25, 0.3) is 15.7 Å². The van der Waals surface area contributed by atoms with Gasteiger partial charge in [0.25, 0.3) is 0 Å². The Balaban J connectivity index is 1.99. The number of carbonyl (C=O) groups is 1. The van der Waals surface area contributed by atoms with Crippen LogP contribution in [0.2, 0.25) is 0 Å². The maximum absolute atomic E-state index is 13.1. The van der Waals surface area contributed by atoms with E-state index in [0.717, 1.165) is 10.4 Å². The number of aromatic hydroxyl groups is 2. The van der Waals surface area contributed by atoms with E-state index in [2.05, 4.69) is 4.98 Å². The Labute approximate surface area is 157 Å². The van der Waals surface area contributed by atoms with Gasteiger partial charge in [0.2, 0.25) is 5.88 Å². The molecule has 0 aliphatic rings. The number of hydrogen-bond donors (Lipinski definition) is 2. The normalized spacial score (nSPS) is 11.0. The molecule has 0 amide bonds. The second-order valence-corrected chi connectivity index (χ2v) is 7.54. The van der Waals surface area contributed by atoms with Crippen molar-refractivity contribution >= 4 is 28.5 Å². The highest BCUT2D eigenvalue weighted by Gasteiger charge is 2.30. The van der Waals surface area contributed by atoms with Gasteiger partial charge < -0.3 is 10.2 Å². The lowest BCUT2D eigenvalue weighted by atomic mass is 10.0. The number of ketones is 1. The molecule has 0 fully saturated rings. The summed E-state index contributed by atoms with van der Waals surface area (Å²) in [5.74, 6) is -1.18. The number of thiophene rings is 1. The molecule has 4 rings (SSSR count). The number of hydrogen-bond acceptors (Lipinski definition) is 6. The van der Waals surface area contributed by atoms with Crippen LogP contribution in [0.5, 0.6) is 11.6 Å². The Kier molecular flexibility index (Phi) is 4.10. The molecule has 3 aromatic heterocycles. The average Bonchev–Trinajstić information content (AvgIpc) is 3.37. The van der Waals surface area contributed by atoms with Gasteiger partial charge in [-0.3, -0.25) is 9.36 Å². The lowest BCUT2D eigenvalue weighted by molar-refractivity contribution is 0.103. The van der Waals surface area contributed by atoms with Crippen LogP contribution in [0.15, 0.2) is 53.4 Å². The molecule has 0 unspecified atom stereocenters. The minimum absolute atomic E-state index is 0.0732. The first-order valence-electron chi connectivity index (χ1n) is 7.79. The molecule has 0 bridgehead atoms. The summed E-state index contributed by atoms with van der Waals surface area (Å²) in [6, 6.07) is 10.8. The smallest absolute Gasteiger partial charge is 0.242 e. The fraction of sp³-hybridized carbons (Fsp3) is 0.0526. The fourth-order valence-corrected chi connectivity index (χ4v) is 4.19. The first kappa shape index (κ1) is 16.6. The summed E-state index contributed by atoms with van der Waals surface area (Å²) in [7, 11) is 0. The van der Waals surface area contributed by atoms with Crippen molar-refractivity contribution in [1.29, 1.82) is 0 Å². The number of rotatable bonds is 4. The van der Waals surface area contributed by atoms with E-state index in [-0.39, 0.29) is 17.2 Å². The molecule has 130 valence electrons. The molecule has 26 heavy (non-hydrogen) atoms. The van der Waals surface area contributed by atoms with Crippen molar-refractivity contribution in [1.82, 2.24) is 9.55 Å². The summed E-state index contributed by atoms with van der Waals surface area (Å²) in [4.78, 5) is 18.1. The molecule has 0 saturated carbocycles. The maximum atomic E-state index is 13.1. The minimum atomic E-state index is -0.436. The molecular weight excluding hydrogens is 368 g/mol. The predicted octanol–water partition coefficient (Wildman–Crippen LogP) is 4.61. The molecule has 1 aromatic carbocycles. The van der Waals surface area contributed by atoms with Gasteiger partial charge in [-0.2, -0.15) is 0 Å². The molecule has 5 nitrogen and oxygen atoms in total. The zero-order chi connectivity index (χ0) is 18.3. The van der Waals surface area contributed by atoms with Crippen LogP contribution in [-0.4, -0.2) is 25.5 Å². The summed E-state index contributed by atoms with van der Waals surface area (Å²) in [5, 5.41) is 25.2. The van der Waals surface area contributed by atoms with Gasteiger partial charge in [-0.05, 0) is 18.4 Å². The zero-order valence-electron chi connectivity index (χ0n) is 13.7. The Bertz CT molecular complexity index is 1060. The van der Waals surface area contributed by atoms with Crippen molar-refractivity contribution in [3.8, 4) is 27.3 Å². The minimum Gasteiger partial charge on any atom is -0.503 e. The van der Waals surface area contributed by atoms with E-state index in [0.29, 0.717) is 16.4 Å². The largest absolute Gasteiger partial charge is 0.503 e. The van der Waals surface area contributed by atoms with Crippen molar-refractivity contribution in [2.75, 3.05) is 0 Å². The highest BCUT2D eigenvalue weighted by molar-refractivity contribution is 7.13. The van der Waals surface area contributed by atoms with Gasteiger partial charge >= 0.3 is 0 Å². The SMILES string of the molecule is Cc1ccc(C(=O)c2c(O)c(O)n(-c3nccs3)c2-c2cccs2)cc1. The molecule has 7 heteroatoms. The lowest BCUT2D eigenvalue weighted by Gasteiger charge is -2.07. The number of nitrogens with zero attached hydrogens (tertiary/aromatic N) is 2. The number of carbonyl (C=O) groups excluding carboxylic acids is 1. The highest BCUT2D eigenvalue weighted by atomic mass is 32.1. The monoisotopic (exact) mass is 382 g/mol. The second-order valence-electron chi connectivity index (χ2n) is 5.72. The number of aryl methyl sites for hydroxylation is 1. The molecule has 0 aliphatic carbocycles. The Hall–Kier alpha value is -2.90. The summed E-state index contributed by atoms with van der Waals surface area (Å²) in [5.41, 5.74) is 1.99. The fourth-order valence-electron chi connectivity index (χ4n) is 2.77. The van der Waals surface area contributed by atoms with Gasteiger partial charge in [0.15, 0.2) is 16.7 Å². The van der Waals surface area contributed by atoms with E-state index in [1.165, 1.54) is 27.2 Å². The van der Waals surface area contributed by atoms with Crippen LogP contribution in [0.1, 0.15) is 21.5 Å². The molecular formula is C19H14N2O3S2. The van der Waals surface area contributed by atoms with Crippen molar-refractivity contribution in [2.24, 2.45) is 0 Å². The second kappa shape index (κ2) is 6.44. The molecule has 4 aromatic rings. The average molecular weight is 382 g/mol. The van der Waals surface area contributed by atoms with Crippen LogP contribution in [0.3, 0.4) is 0 Å². The van der Waals surface area contributed by atoms with Crippen LogP contribution in [0, 0.1) is 6.92 Å². The molecule has 0 radical (unpaired) electrons. The molecule has 0 spiro atoms. The number of aromatic nitrogens is 2. The summed E-state index contributed by atoms with van der Waals surface area (Å²) >= 11 is 2.73. The third kappa shape index (κ3) is 2.61. The van der Waals surface area contributed by atoms with Gasteiger partial charge in [-0.25, -0.2) is 4.98 Å². The lowest BCUT2D eigenvalue weighted by Crippen LogP contribution is -2.04. The van der Waals surface area contributed by atoms with Gasteiger partial charge in [0.1, 0.15) is 0 Å². The Morgan fingerprint density at radius 2 is 1.85 bits per heavy atom. The van der Waals surface area contributed by atoms with Crippen LogP contribution >= 0.6 is 22.7 Å². The molecule has 0 saturated heterocycles. The van der Waals surface area contributed by atoms with Crippen molar-refractivity contribution in [3.05, 3.63) is 70.0 Å². The van der Waals surface area contributed by atoms with Gasteiger partial charge in [-0.15, -0.1) is 22.7 Å². The van der Waals surface area contributed by atoms with Crippen LogP contribution in [-0.2, 0) is 0 Å². The van der Waals surface area contributed by atoms with E-state index in [4.69, 9.17) is 0 Å². The van der Waals surface area contributed by atoms with E-state index in [9.17, 15) is 15.0 Å². The van der Waals surface area contributed by atoms with Crippen molar-refractivity contribution in [2.45, 2.75) is 6.92 Å². The molecule has 3 heterocycles. The van der Waals surface area contributed by atoms with Crippen LogP contribution < -0.4 is 0 Å². The van der Waals surface area contributed by atoms with E-state index in [1.807, 2.05) is 36.6 Å². The Morgan fingerprint density at radius 3 is 2.46 bits per heavy atom. The van der Waals surface area contributed by atoms with Gasteiger partial charge in [-0.1, -0.05) is 35.9 Å². The Morgan fingerprint density at radius 1 is 1.08 bits per heavy atom. The number of benzene rings is 1. The zero-order valence-corrected chi connectivity index (χ0v) is 15.3. The van der Waals surface area contributed by atoms with E-state index < -0.39 is 5.75 Å².